The minimum absolute atomic E-state index is 0.0328. The third-order valence-electron chi connectivity index (χ3n) is 2.10. The second kappa shape index (κ2) is 5.24. The van der Waals surface area contributed by atoms with Crippen molar-refractivity contribution in [3.63, 3.8) is 0 Å². The highest BCUT2D eigenvalue weighted by molar-refractivity contribution is 5.67. The number of hydrogen-bond donors (Lipinski definition) is 0. The molecule has 1 aromatic carbocycles. The molecule has 92 valence electrons. The number of alkyl halides is 3. The fraction of sp³-hybridized carbons (Fsp3) is 0.167. The monoisotopic (exact) mass is 252 g/mol. The highest BCUT2D eigenvalue weighted by Crippen LogP contribution is 2.38. The molecular formula is C12H7F3N2O. The Morgan fingerprint density at radius 2 is 1.89 bits per heavy atom. The molecule has 1 aromatic rings. The van der Waals surface area contributed by atoms with Crippen LogP contribution in [0.2, 0.25) is 0 Å². The van der Waals surface area contributed by atoms with Crippen molar-refractivity contribution >= 4 is 6.08 Å². The summed E-state index contributed by atoms with van der Waals surface area (Å²) in [6.45, 7) is 0. The van der Waals surface area contributed by atoms with Crippen molar-refractivity contribution < 1.29 is 17.9 Å². The Morgan fingerprint density at radius 3 is 2.33 bits per heavy atom. The van der Waals surface area contributed by atoms with E-state index in [4.69, 9.17) is 15.3 Å². The molecule has 0 aromatic heterocycles. The van der Waals surface area contributed by atoms with Crippen molar-refractivity contribution in [1.82, 2.24) is 0 Å². The Balaban J connectivity index is 3.46. The molecule has 18 heavy (non-hydrogen) atoms. The quantitative estimate of drug-likeness (QED) is 0.759. The van der Waals surface area contributed by atoms with Gasteiger partial charge < -0.3 is 4.74 Å². The Kier molecular flexibility index (Phi) is 3.96. The summed E-state index contributed by atoms with van der Waals surface area (Å²) in [7, 11) is 1.10. The van der Waals surface area contributed by atoms with E-state index in [0.717, 1.165) is 19.3 Å². The molecule has 0 fully saturated rings. The summed E-state index contributed by atoms with van der Waals surface area (Å²) >= 11 is 0. The van der Waals surface area contributed by atoms with Crippen LogP contribution in [-0.2, 0) is 6.18 Å². The normalized spacial score (nSPS) is 10.1. The number of rotatable bonds is 2. The van der Waals surface area contributed by atoms with Gasteiger partial charge in [-0.25, -0.2) is 0 Å². The van der Waals surface area contributed by atoms with E-state index in [9.17, 15) is 13.2 Å². The lowest BCUT2D eigenvalue weighted by Crippen LogP contribution is -2.08. The van der Waals surface area contributed by atoms with Crippen LogP contribution in [-0.4, -0.2) is 7.11 Å². The molecule has 0 aliphatic rings. The maximum atomic E-state index is 12.7. The summed E-state index contributed by atoms with van der Waals surface area (Å²) in [4.78, 5) is 0. The first-order valence-corrected chi connectivity index (χ1v) is 4.70. The summed E-state index contributed by atoms with van der Waals surface area (Å²) in [5.41, 5.74) is -1.22. The highest BCUT2D eigenvalue weighted by atomic mass is 19.4. The van der Waals surface area contributed by atoms with Crippen LogP contribution in [0.1, 0.15) is 11.1 Å². The van der Waals surface area contributed by atoms with E-state index >= 15 is 0 Å². The van der Waals surface area contributed by atoms with Crippen LogP contribution in [0.15, 0.2) is 23.8 Å². The number of hydrogen-bond acceptors (Lipinski definition) is 3. The van der Waals surface area contributed by atoms with Gasteiger partial charge in [0.2, 0.25) is 0 Å². The third kappa shape index (κ3) is 2.80. The first-order chi connectivity index (χ1) is 8.43. The van der Waals surface area contributed by atoms with Crippen LogP contribution < -0.4 is 4.74 Å². The van der Waals surface area contributed by atoms with E-state index < -0.39 is 17.5 Å². The Labute approximate surface area is 101 Å². The van der Waals surface area contributed by atoms with Gasteiger partial charge in [-0.05, 0) is 12.1 Å². The lowest BCUT2D eigenvalue weighted by molar-refractivity contribution is -0.138. The molecule has 0 saturated carbocycles. The summed E-state index contributed by atoms with van der Waals surface area (Å²) < 4.78 is 42.8. The highest BCUT2D eigenvalue weighted by Gasteiger charge is 2.34. The second-order valence-electron chi connectivity index (χ2n) is 3.21. The van der Waals surface area contributed by atoms with Crippen molar-refractivity contribution in [2.24, 2.45) is 0 Å². The summed E-state index contributed by atoms with van der Waals surface area (Å²) in [6.07, 6.45) is -3.51. The van der Waals surface area contributed by atoms with Crippen molar-refractivity contribution in [3.8, 4) is 17.9 Å². The predicted molar refractivity (Wildman–Crippen MR) is 57.2 cm³/mol. The van der Waals surface area contributed by atoms with Crippen molar-refractivity contribution in [2.45, 2.75) is 6.18 Å². The standard InChI is InChI=1S/C12H7F3N2O/c1-18-11-9(5-8(6-16)7-17)3-2-4-10(11)12(13,14)15/h2-5H,1H3. The predicted octanol–water partition coefficient (Wildman–Crippen LogP) is 3.14. The molecule has 0 radical (unpaired) electrons. The number of halogens is 3. The number of ether oxygens (including phenoxy) is 1. The van der Waals surface area contributed by atoms with Gasteiger partial charge in [-0.2, -0.15) is 23.7 Å². The molecule has 6 heteroatoms. The largest absolute Gasteiger partial charge is 0.495 e. The maximum Gasteiger partial charge on any atom is 0.419 e. The summed E-state index contributed by atoms with van der Waals surface area (Å²) in [5, 5.41) is 17.2. The van der Waals surface area contributed by atoms with Gasteiger partial charge in [-0.15, -0.1) is 0 Å². The second-order valence-corrected chi connectivity index (χ2v) is 3.21. The van der Waals surface area contributed by atoms with Gasteiger partial charge in [0.15, 0.2) is 0 Å². The molecule has 0 aliphatic heterocycles. The molecule has 0 saturated heterocycles. The molecule has 0 N–H and O–H groups in total. The fourth-order valence-corrected chi connectivity index (χ4v) is 1.36. The molecule has 3 nitrogen and oxygen atoms in total. The van der Waals surface area contributed by atoms with Gasteiger partial charge in [0, 0.05) is 5.56 Å². The van der Waals surface area contributed by atoms with Crippen molar-refractivity contribution in [1.29, 1.82) is 10.5 Å². The van der Waals surface area contributed by atoms with Crippen molar-refractivity contribution in [2.75, 3.05) is 7.11 Å². The fourth-order valence-electron chi connectivity index (χ4n) is 1.36. The van der Waals surface area contributed by atoms with E-state index in [2.05, 4.69) is 0 Å². The molecule has 0 bridgehead atoms. The topological polar surface area (TPSA) is 56.8 Å². The number of nitriles is 2. The summed E-state index contributed by atoms with van der Waals surface area (Å²) in [5.74, 6) is -0.409. The lowest BCUT2D eigenvalue weighted by atomic mass is 10.1. The third-order valence-corrected chi connectivity index (χ3v) is 2.10. The van der Waals surface area contributed by atoms with Gasteiger partial charge >= 0.3 is 6.18 Å². The smallest absolute Gasteiger partial charge is 0.419 e. The zero-order valence-electron chi connectivity index (χ0n) is 9.25. The Bertz CT molecular complexity index is 546. The number of nitrogens with zero attached hydrogens (tertiary/aromatic N) is 2. The first-order valence-electron chi connectivity index (χ1n) is 4.70. The van der Waals surface area contributed by atoms with Gasteiger partial charge in [-0.3, -0.25) is 0 Å². The number of para-hydroxylation sites is 1. The average Bonchev–Trinajstić information content (AvgIpc) is 2.34. The maximum absolute atomic E-state index is 12.7. The van der Waals surface area contributed by atoms with E-state index in [-0.39, 0.29) is 11.1 Å². The molecule has 0 amide bonds. The molecule has 0 unspecified atom stereocenters. The molecule has 1 rings (SSSR count). The zero-order valence-corrected chi connectivity index (χ0v) is 9.25. The molecular weight excluding hydrogens is 245 g/mol. The van der Waals surface area contributed by atoms with Gasteiger partial charge in [0.05, 0.1) is 12.7 Å². The van der Waals surface area contributed by atoms with E-state index in [0.29, 0.717) is 0 Å². The van der Waals surface area contributed by atoms with E-state index in [1.807, 2.05) is 0 Å². The molecule has 0 heterocycles. The van der Waals surface area contributed by atoms with Gasteiger partial charge in [-0.1, -0.05) is 12.1 Å². The first kappa shape index (κ1) is 13.6. The van der Waals surface area contributed by atoms with Crippen LogP contribution >= 0.6 is 0 Å². The molecule has 0 spiro atoms. The van der Waals surface area contributed by atoms with Crippen molar-refractivity contribution in [3.05, 3.63) is 34.9 Å². The molecule has 0 atom stereocenters. The summed E-state index contributed by atoms with van der Waals surface area (Å²) in [6, 6.07) is 6.54. The minimum atomic E-state index is -4.56. The van der Waals surface area contributed by atoms with Crippen LogP contribution in [0, 0.1) is 22.7 Å². The van der Waals surface area contributed by atoms with Crippen LogP contribution in [0.5, 0.6) is 5.75 Å². The average molecular weight is 252 g/mol. The number of methoxy groups -OCH3 is 1. The Morgan fingerprint density at radius 1 is 1.28 bits per heavy atom. The minimum Gasteiger partial charge on any atom is -0.495 e. The van der Waals surface area contributed by atoms with Gasteiger partial charge in [0.1, 0.15) is 23.5 Å². The van der Waals surface area contributed by atoms with E-state index in [1.54, 1.807) is 12.1 Å². The lowest BCUT2D eigenvalue weighted by Gasteiger charge is -2.13. The Hall–Kier alpha value is -2.47. The SMILES string of the molecule is COc1c(C=C(C#N)C#N)cccc1C(F)(F)F. The van der Waals surface area contributed by atoms with Crippen LogP contribution in [0.3, 0.4) is 0 Å². The zero-order chi connectivity index (χ0) is 13.8. The molecule has 0 aliphatic carbocycles. The van der Waals surface area contributed by atoms with Gasteiger partial charge in [0.25, 0.3) is 0 Å². The van der Waals surface area contributed by atoms with E-state index in [1.165, 1.54) is 12.1 Å². The number of benzene rings is 1. The number of allylic oxidation sites excluding steroid dienone is 1. The van der Waals surface area contributed by atoms with Crippen LogP contribution in [0.4, 0.5) is 13.2 Å². The van der Waals surface area contributed by atoms with Crippen LogP contribution in [0.25, 0.3) is 6.08 Å².